The molecule has 0 aromatic carbocycles. The first-order valence-corrected chi connectivity index (χ1v) is 5.28. The Morgan fingerprint density at radius 1 is 1.47 bits per heavy atom. The van der Waals surface area contributed by atoms with Gasteiger partial charge in [-0.05, 0) is 19.3 Å². The van der Waals surface area contributed by atoms with Crippen molar-refractivity contribution in [1.82, 2.24) is 5.32 Å². The Morgan fingerprint density at radius 3 is 2.47 bits per heavy atom. The van der Waals surface area contributed by atoms with Gasteiger partial charge >= 0.3 is 11.9 Å². The molecule has 0 aromatic heterocycles. The molecule has 0 spiro atoms. The summed E-state index contributed by atoms with van der Waals surface area (Å²) < 4.78 is 4.40. The SMILES string of the molecule is COC(=O)CCC(NC(=O)C1(N)CC1)C(=O)O. The third-order valence-electron chi connectivity index (χ3n) is 2.71. The van der Waals surface area contributed by atoms with E-state index in [1.807, 2.05) is 0 Å². The lowest BCUT2D eigenvalue weighted by Crippen LogP contribution is -2.50. The van der Waals surface area contributed by atoms with Crippen LogP contribution < -0.4 is 11.1 Å². The minimum atomic E-state index is -1.19. The number of ether oxygens (including phenoxy) is 1. The highest BCUT2D eigenvalue weighted by molar-refractivity contribution is 5.92. The summed E-state index contributed by atoms with van der Waals surface area (Å²) >= 11 is 0. The molecular weight excluding hydrogens is 228 g/mol. The highest BCUT2D eigenvalue weighted by Crippen LogP contribution is 2.32. The van der Waals surface area contributed by atoms with Crippen molar-refractivity contribution in [2.45, 2.75) is 37.3 Å². The number of carboxylic acid groups (broad SMARTS) is 1. The molecule has 1 unspecified atom stereocenters. The van der Waals surface area contributed by atoms with Gasteiger partial charge in [-0.15, -0.1) is 0 Å². The van der Waals surface area contributed by atoms with Crippen LogP contribution in [0.1, 0.15) is 25.7 Å². The first-order valence-electron chi connectivity index (χ1n) is 5.28. The zero-order valence-corrected chi connectivity index (χ0v) is 9.56. The lowest BCUT2D eigenvalue weighted by molar-refractivity contribution is -0.144. The topological polar surface area (TPSA) is 119 Å². The molecule has 17 heavy (non-hydrogen) atoms. The fraction of sp³-hybridized carbons (Fsp3) is 0.700. The lowest BCUT2D eigenvalue weighted by atomic mass is 10.1. The lowest BCUT2D eigenvalue weighted by Gasteiger charge is -2.16. The number of nitrogens with two attached hydrogens (primary N) is 1. The van der Waals surface area contributed by atoms with Crippen LogP contribution in [0, 0.1) is 0 Å². The van der Waals surface area contributed by atoms with Gasteiger partial charge in [0.25, 0.3) is 0 Å². The molecule has 7 nitrogen and oxygen atoms in total. The Bertz CT molecular complexity index is 338. The van der Waals surface area contributed by atoms with E-state index in [0.717, 1.165) is 0 Å². The van der Waals surface area contributed by atoms with Gasteiger partial charge in [-0.3, -0.25) is 9.59 Å². The van der Waals surface area contributed by atoms with Crippen LogP contribution in [0.4, 0.5) is 0 Å². The summed E-state index contributed by atoms with van der Waals surface area (Å²) in [6.45, 7) is 0. The number of rotatable bonds is 6. The van der Waals surface area contributed by atoms with E-state index in [9.17, 15) is 14.4 Å². The number of esters is 1. The number of carbonyl (C=O) groups excluding carboxylic acids is 2. The molecular formula is C10H16N2O5. The number of amides is 1. The summed E-state index contributed by atoms with van der Waals surface area (Å²) in [5, 5.41) is 11.2. The maximum absolute atomic E-state index is 11.5. The molecule has 1 amide bonds. The molecule has 0 bridgehead atoms. The maximum atomic E-state index is 11.5. The zero-order chi connectivity index (χ0) is 13.1. The highest BCUT2D eigenvalue weighted by Gasteiger charge is 2.46. The third kappa shape index (κ3) is 3.70. The predicted molar refractivity (Wildman–Crippen MR) is 57.0 cm³/mol. The zero-order valence-electron chi connectivity index (χ0n) is 9.56. The summed E-state index contributed by atoms with van der Waals surface area (Å²) in [6, 6.07) is -1.11. The van der Waals surface area contributed by atoms with Crippen molar-refractivity contribution in [3.63, 3.8) is 0 Å². The number of nitrogens with one attached hydrogen (secondary N) is 1. The molecule has 0 saturated heterocycles. The van der Waals surface area contributed by atoms with Crippen LogP contribution in [-0.4, -0.2) is 41.6 Å². The van der Waals surface area contributed by atoms with E-state index in [1.54, 1.807) is 0 Å². The number of carbonyl (C=O) groups is 3. The average Bonchev–Trinajstić information content (AvgIpc) is 3.02. The van der Waals surface area contributed by atoms with Gasteiger partial charge in [0.05, 0.1) is 12.6 Å². The van der Waals surface area contributed by atoms with Crippen LogP contribution >= 0.6 is 0 Å². The van der Waals surface area contributed by atoms with Crippen molar-refractivity contribution < 1.29 is 24.2 Å². The first-order chi connectivity index (χ1) is 7.89. The largest absolute Gasteiger partial charge is 0.480 e. The van der Waals surface area contributed by atoms with Gasteiger partial charge in [-0.1, -0.05) is 0 Å². The summed E-state index contributed by atoms with van der Waals surface area (Å²) in [5.41, 5.74) is 4.71. The van der Waals surface area contributed by atoms with E-state index < -0.39 is 29.4 Å². The van der Waals surface area contributed by atoms with Crippen LogP contribution in [0.3, 0.4) is 0 Å². The molecule has 0 heterocycles. The van der Waals surface area contributed by atoms with E-state index in [-0.39, 0.29) is 12.8 Å². The monoisotopic (exact) mass is 244 g/mol. The summed E-state index contributed by atoms with van der Waals surface area (Å²) in [5.74, 6) is -2.18. The summed E-state index contributed by atoms with van der Waals surface area (Å²) in [4.78, 5) is 33.3. The van der Waals surface area contributed by atoms with Crippen LogP contribution in [0.25, 0.3) is 0 Å². The van der Waals surface area contributed by atoms with Crippen LogP contribution in [-0.2, 0) is 19.1 Å². The number of carboxylic acids is 1. The van der Waals surface area contributed by atoms with E-state index >= 15 is 0 Å². The molecule has 7 heteroatoms. The van der Waals surface area contributed by atoms with Crippen LogP contribution in [0.15, 0.2) is 0 Å². The maximum Gasteiger partial charge on any atom is 0.326 e. The van der Waals surface area contributed by atoms with E-state index in [2.05, 4.69) is 10.1 Å². The molecule has 1 fully saturated rings. The number of hydrogen-bond donors (Lipinski definition) is 3. The fourth-order valence-electron chi connectivity index (χ4n) is 1.29. The number of methoxy groups -OCH3 is 1. The first kappa shape index (κ1) is 13.4. The Balaban J connectivity index is 2.46. The summed E-state index contributed by atoms with van der Waals surface area (Å²) in [7, 11) is 1.22. The minimum Gasteiger partial charge on any atom is -0.480 e. The molecule has 0 aromatic rings. The Morgan fingerprint density at radius 2 is 2.06 bits per heavy atom. The standard InChI is InChI=1S/C10H16N2O5/c1-17-7(13)3-2-6(8(14)15)12-9(16)10(11)4-5-10/h6H,2-5,11H2,1H3,(H,12,16)(H,14,15). The molecule has 4 N–H and O–H groups in total. The van der Waals surface area contributed by atoms with Crippen molar-refractivity contribution in [2.75, 3.05) is 7.11 Å². The number of aliphatic carboxylic acids is 1. The Labute approximate surface area is 98.3 Å². The molecule has 0 radical (unpaired) electrons. The molecule has 1 atom stereocenters. The van der Waals surface area contributed by atoms with Gasteiger partial charge in [0.1, 0.15) is 6.04 Å². The minimum absolute atomic E-state index is 0.0101. The van der Waals surface area contributed by atoms with E-state index in [0.29, 0.717) is 12.8 Å². The van der Waals surface area contributed by atoms with E-state index in [1.165, 1.54) is 7.11 Å². The van der Waals surface area contributed by atoms with E-state index in [4.69, 9.17) is 10.8 Å². The van der Waals surface area contributed by atoms with Crippen LogP contribution in [0.5, 0.6) is 0 Å². The fourth-order valence-corrected chi connectivity index (χ4v) is 1.29. The van der Waals surface area contributed by atoms with Gasteiger partial charge in [0, 0.05) is 6.42 Å². The van der Waals surface area contributed by atoms with Gasteiger partial charge in [0.15, 0.2) is 0 Å². The van der Waals surface area contributed by atoms with Gasteiger partial charge in [-0.25, -0.2) is 4.79 Å². The van der Waals surface area contributed by atoms with Crippen LogP contribution in [0.2, 0.25) is 0 Å². The smallest absolute Gasteiger partial charge is 0.326 e. The van der Waals surface area contributed by atoms with Gasteiger partial charge in [-0.2, -0.15) is 0 Å². The predicted octanol–water partition coefficient (Wildman–Crippen LogP) is -1.000. The molecule has 1 aliphatic carbocycles. The molecule has 1 aliphatic rings. The van der Waals surface area contributed by atoms with Crippen molar-refractivity contribution in [3.8, 4) is 0 Å². The molecule has 1 rings (SSSR count). The Kier molecular flexibility index (Phi) is 4.06. The second kappa shape index (κ2) is 5.13. The highest BCUT2D eigenvalue weighted by atomic mass is 16.5. The van der Waals surface area contributed by atoms with Crippen molar-refractivity contribution in [2.24, 2.45) is 5.73 Å². The molecule has 96 valence electrons. The average molecular weight is 244 g/mol. The third-order valence-corrected chi connectivity index (χ3v) is 2.71. The quantitative estimate of drug-likeness (QED) is 0.516. The normalized spacial score (nSPS) is 18.0. The second-order valence-electron chi connectivity index (χ2n) is 4.14. The van der Waals surface area contributed by atoms with Gasteiger partial charge < -0.3 is 20.9 Å². The van der Waals surface area contributed by atoms with Crippen molar-refractivity contribution in [1.29, 1.82) is 0 Å². The van der Waals surface area contributed by atoms with Crippen molar-refractivity contribution >= 4 is 17.8 Å². The van der Waals surface area contributed by atoms with Crippen molar-refractivity contribution in [3.05, 3.63) is 0 Å². The molecule has 1 saturated carbocycles. The summed E-state index contributed by atoms with van der Waals surface area (Å²) in [6.07, 6.45) is 1.04. The Hall–Kier alpha value is -1.63. The second-order valence-corrected chi connectivity index (χ2v) is 4.14. The van der Waals surface area contributed by atoms with Gasteiger partial charge in [0.2, 0.25) is 5.91 Å². The number of hydrogen-bond acceptors (Lipinski definition) is 5. The molecule has 0 aliphatic heterocycles.